The first-order valence-electron chi connectivity index (χ1n) is 9.72. The number of anilines is 1. The van der Waals surface area contributed by atoms with Crippen LogP contribution < -0.4 is 9.47 Å². The Kier molecular flexibility index (Phi) is 7.64. The molecule has 0 aliphatic carbocycles. The highest BCUT2D eigenvalue weighted by atomic mass is 35.5. The van der Waals surface area contributed by atoms with Crippen molar-refractivity contribution in [3.8, 4) is 0 Å². The second kappa shape index (κ2) is 10.6. The lowest BCUT2D eigenvalue weighted by Crippen LogP contribution is -2.29. The maximum Gasteiger partial charge on any atom is 0.271 e. The van der Waals surface area contributed by atoms with Crippen molar-refractivity contribution in [1.29, 1.82) is 0 Å². The predicted molar refractivity (Wildman–Crippen MR) is 119 cm³/mol. The van der Waals surface area contributed by atoms with Crippen molar-refractivity contribution in [2.45, 2.75) is 6.42 Å². The molecule has 1 heterocycles. The topological polar surface area (TPSA) is 95.2 Å². The summed E-state index contributed by atoms with van der Waals surface area (Å²) in [6, 6.07) is 15.7. The second-order valence-corrected chi connectivity index (χ2v) is 7.35. The average molecular weight is 441 g/mol. The van der Waals surface area contributed by atoms with Gasteiger partial charge in [-0.3, -0.25) is 10.1 Å². The smallest absolute Gasteiger partial charge is 0.271 e. The van der Waals surface area contributed by atoms with E-state index in [9.17, 15) is 15.2 Å². The number of azo groups is 1. The molecule has 3 aromatic rings. The molecule has 0 radical (unpaired) electrons. The van der Waals surface area contributed by atoms with Crippen LogP contribution >= 0.6 is 11.6 Å². The molecule has 0 saturated carbocycles. The van der Waals surface area contributed by atoms with Gasteiger partial charge in [0, 0.05) is 43.0 Å². The number of aliphatic hydroxyl groups excluding tert-OH is 1. The fraction of sp³-hybridized carbons (Fsp3) is 0.227. The Balaban J connectivity index is 1.67. The number of aryl methyl sites for hydroxylation is 1. The lowest BCUT2D eigenvalue weighted by Gasteiger charge is -2.24. The molecule has 1 N–H and O–H groups in total. The molecule has 0 bridgehead atoms. The number of hydrogen-bond acceptors (Lipinski definition) is 6. The van der Waals surface area contributed by atoms with Crippen molar-refractivity contribution in [2.24, 2.45) is 17.3 Å². The van der Waals surface area contributed by atoms with Crippen molar-refractivity contribution < 1.29 is 14.6 Å². The van der Waals surface area contributed by atoms with E-state index in [4.69, 9.17) is 11.6 Å². The fourth-order valence-corrected chi connectivity index (χ4v) is 3.20. The van der Waals surface area contributed by atoms with E-state index in [1.165, 1.54) is 23.8 Å². The Morgan fingerprint density at radius 3 is 2.39 bits per heavy atom. The Hall–Kier alpha value is -3.36. The molecule has 0 amide bonds. The molecule has 9 heteroatoms. The molecule has 0 fully saturated rings. The minimum absolute atomic E-state index is 0.0594. The molecule has 0 aliphatic rings. The Bertz CT molecular complexity index is 1060. The quantitative estimate of drug-likeness (QED) is 0.229. The fourth-order valence-electron chi connectivity index (χ4n) is 2.99. The molecule has 160 valence electrons. The first kappa shape index (κ1) is 22.3. The molecule has 8 nitrogen and oxygen atoms in total. The number of rotatable bonds is 9. The number of benzene rings is 2. The van der Waals surface area contributed by atoms with Gasteiger partial charge in [0.25, 0.3) is 5.69 Å². The van der Waals surface area contributed by atoms with E-state index in [0.717, 1.165) is 18.7 Å². The number of hydrogen-bond donors (Lipinski definition) is 1. The summed E-state index contributed by atoms with van der Waals surface area (Å²) in [6.07, 6.45) is 4.90. The van der Waals surface area contributed by atoms with E-state index < -0.39 is 4.92 Å². The Morgan fingerprint density at radius 2 is 1.77 bits per heavy atom. The maximum atomic E-state index is 10.8. The van der Waals surface area contributed by atoms with Gasteiger partial charge in [-0.2, -0.15) is 5.11 Å². The summed E-state index contributed by atoms with van der Waals surface area (Å²) in [7, 11) is 1.98. The van der Waals surface area contributed by atoms with Crippen LogP contribution in [0.1, 0.15) is 5.56 Å². The van der Waals surface area contributed by atoms with Crippen molar-refractivity contribution in [3.05, 3.63) is 87.7 Å². The summed E-state index contributed by atoms with van der Waals surface area (Å²) in [5.41, 5.74) is 3.09. The molecule has 0 aliphatic heterocycles. The monoisotopic (exact) mass is 440 g/mol. The summed E-state index contributed by atoms with van der Waals surface area (Å²) in [5, 5.41) is 28.6. The molecule has 1 aromatic heterocycles. The van der Waals surface area contributed by atoms with Gasteiger partial charge in [-0.1, -0.05) is 11.6 Å². The largest absolute Gasteiger partial charge is 0.395 e. The first-order chi connectivity index (χ1) is 15.0. The number of nitro groups is 1. The normalized spacial score (nSPS) is 11.1. The van der Waals surface area contributed by atoms with E-state index in [-0.39, 0.29) is 17.3 Å². The van der Waals surface area contributed by atoms with Crippen LogP contribution in [0.4, 0.5) is 22.7 Å². The van der Waals surface area contributed by atoms with Crippen LogP contribution in [-0.2, 0) is 13.5 Å². The highest BCUT2D eigenvalue weighted by molar-refractivity contribution is 6.33. The molecule has 2 aromatic carbocycles. The van der Waals surface area contributed by atoms with Crippen LogP contribution in [0.25, 0.3) is 0 Å². The maximum absolute atomic E-state index is 10.8. The summed E-state index contributed by atoms with van der Waals surface area (Å²) >= 11 is 6.05. The SMILES string of the molecule is C[n+]1ccc(CCN(CCO)c2ccc(N=Nc3ccc([N+](=O)[O-])cc3Cl)cc2)cc1. The predicted octanol–water partition coefficient (Wildman–Crippen LogP) is 4.53. The van der Waals surface area contributed by atoms with E-state index in [0.29, 0.717) is 17.9 Å². The molecular formula is C22H23ClN5O3+. The molecule has 31 heavy (non-hydrogen) atoms. The number of nitro benzene ring substituents is 1. The minimum Gasteiger partial charge on any atom is -0.395 e. The Morgan fingerprint density at radius 1 is 1.06 bits per heavy atom. The van der Waals surface area contributed by atoms with Crippen molar-refractivity contribution in [3.63, 3.8) is 0 Å². The molecule has 0 unspecified atom stereocenters. The van der Waals surface area contributed by atoms with E-state index >= 15 is 0 Å². The standard InChI is InChI=1S/C22H23ClN5O3/c1-26-11-8-17(9-12-26)10-13-27(14-15-29)19-4-2-18(3-5-19)24-25-22-7-6-20(28(30)31)16-21(22)23/h2-9,11-12,16,29H,10,13-15H2,1H3/q+1. The number of halogens is 1. The van der Waals surface area contributed by atoms with Crippen molar-refractivity contribution in [1.82, 2.24) is 0 Å². The van der Waals surface area contributed by atoms with Gasteiger partial charge < -0.3 is 10.0 Å². The lowest BCUT2D eigenvalue weighted by molar-refractivity contribution is -0.671. The van der Waals surface area contributed by atoms with Crippen molar-refractivity contribution >= 4 is 34.4 Å². The summed E-state index contributed by atoms with van der Waals surface area (Å²) in [6.45, 7) is 1.36. The zero-order valence-electron chi connectivity index (χ0n) is 17.1. The van der Waals surface area contributed by atoms with Crippen LogP contribution in [0.5, 0.6) is 0 Å². The zero-order valence-corrected chi connectivity index (χ0v) is 17.8. The number of nitrogens with zero attached hydrogens (tertiary/aromatic N) is 5. The van der Waals surface area contributed by atoms with Crippen LogP contribution in [0, 0.1) is 10.1 Å². The summed E-state index contributed by atoms with van der Waals surface area (Å²) in [5.74, 6) is 0. The third kappa shape index (κ3) is 6.31. The van der Waals surface area contributed by atoms with Crippen LogP contribution in [-0.4, -0.2) is 29.7 Å². The highest BCUT2D eigenvalue weighted by Gasteiger charge is 2.10. The number of pyridine rings is 1. The van der Waals surface area contributed by atoms with E-state index in [1.54, 1.807) is 0 Å². The highest BCUT2D eigenvalue weighted by Crippen LogP contribution is 2.30. The van der Waals surface area contributed by atoms with Crippen LogP contribution in [0.15, 0.2) is 77.2 Å². The van der Waals surface area contributed by atoms with Gasteiger partial charge in [0.2, 0.25) is 0 Å². The molecular weight excluding hydrogens is 418 g/mol. The van der Waals surface area contributed by atoms with Gasteiger partial charge in [0.1, 0.15) is 12.7 Å². The minimum atomic E-state index is -0.512. The molecule has 3 rings (SSSR count). The third-order valence-corrected chi connectivity index (χ3v) is 5.02. The van der Waals surface area contributed by atoms with Crippen LogP contribution in [0.2, 0.25) is 5.02 Å². The number of aromatic nitrogens is 1. The van der Waals surface area contributed by atoms with Gasteiger partial charge in [-0.25, -0.2) is 4.57 Å². The molecule has 0 saturated heterocycles. The van der Waals surface area contributed by atoms with E-state index in [2.05, 4.69) is 27.3 Å². The summed E-state index contributed by atoms with van der Waals surface area (Å²) in [4.78, 5) is 12.4. The van der Waals surface area contributed by atoms with Gasteiger partial charge in [0.05, 0.1) is 22.2 Å². The van der Waals surface area contributed by atoms with Gasteiger partial charge in [0.15, 0.2) is 12.4 Å². The number of non-ortho nitro benzene ring substituents is 1. The third-order valence-electron chi connectivity index (χ3n) is 4.72. The van der Waals surface area contributed by atoms with Crippen LogP contribution in [0.3, 0.4) is 0 Å². The average Bonchev–Trinajstić information content (AvgIpc) is 2.77. The van der Waals surface area contributed by atoms with E-state index in [1.807, 2.05) is 48.3 Å². The first-order valence-corrected chi connectivity index (χ1v) is 10.1. The number of aliphatic hydroxyl groups is 1. The Labute approximate surface area is 185 Å². The molecule has 0 spiro atoms. The second-order valence-electron chi connectivity index (χ2n) is 6.94. The zero-order chi connectivity index (χ0) is 22.2. The summed E-state index contributed by atoms with van der Waals surface area (Å²) < 4.78 is 1.99. The molecule has 0 atom stereocenters. The van der Waals surface area contributed by atoms with Gasteiger partial charge in [-0.15, -0.1) is 5.11 Å². The van der Waals surface area contributed by atoms with Crippen molar-refractivity contribution in [2.75, 3.05) is 24.6 Å². The van der Waals surface area contributed by atoms with Gasteiger partial charge >= 0.3 is 0 Å². The lowest BCUT2D eigenvalue weighted by atomic mass is 10.1. The van der Waals surface area contributed by atoms with Gasteiger partial charge in [-0.05, 0) is 42.3 Å².